The summed E-state index contributed by atoms with van der Waals surface area (Å²) in [6.45, 7) is 5.92. The van der Waals surface area contributed by atoms with Gasteiger partial charge in [0, 0.05) is 5.54 Å². The minimum Gasteiger partial charge on any atom is -0.365 e. The molecule has 2 nitrogen and oxygen atoms in total. The van der Waals surface area contributed by atoms with Gasteiger partial charge in [0.2, 0.25) is 0 Å². The fourth-order valence-electron chi connectivity index (χ4n) is 1.70. The maximum absolute atomic E-state index is 12.5. The van der Waals surface area contributed by atoms with Crippen LogP contribution in [0.15, 0.2) is 18.2 Å². The van der Waals surface area contributed by atoms with Gasteiger partial charge in [0.1, 0.15) is 11.5 Å². The van der Waals surface area contributed by atoms with Gasteiger partial charge in [-0.15, -0.1) is 0 Å². The molecule has 1 aromatic heterocycles. The van der Waals surface area contributed by atoms with Gasteiger partial charge in [0.15, 0.2) is 0 Å². The van der Waals surface area contributed by atoms with Gasteiger partial charge in [0.05, 0.1) is 0 Å². The number of halogens is 3. The van der Waals surface area contributed by atoms with Crippen LogP contribution in [0.1, 0.15) is 39.3 Å². The molecule has 0 aliphatic heterocycles. The van der Waals surface area contributed by atoms with Crippen LogP contribution < -0.4 is 5.32 Å². The van der Waals surface area contributed by atoms with Crippen LogP contribution in [0.25, 0.3) is 0 Å². The Labute approximate surface area is 99.3 Å². The molecule has 0 aliphatic rings. The molecule has 17 heavy (non-hydrogen) atoms. The Hall–Kier alpha value is -1.26. The second-order valence-electron chi connectivity index (χ2n) is 4.66. The topological polar surface area (TPSA) is 24.9 Å². The van der Waals surface area contributed by atoms with E-state index in [0.717, 1.165) is 18.9 Å². The van der Waals surface area contributed by atoms with E-state index in [0.29, 0.717) is 0 Å². The summed E-state index contributed by atoms with van der Waals surface area (Å²) >= 11 is 0. The Morgan fingerprint density at radius 1 is 1.24 bits per heavy atom. The van der Waals surface area contributed by atoms with Crippen LogP contribution in [0.4, 0.5) is 19.0 Å². The van der Waals surface area contributed by atoms with Crippen molar-refractivity contribution in [1.82, 2.24) is 4.98 Å². The van der Waals surface area contributed by atoms with Crippen molar-refractivity contribution >= 4 is 5.82 Å². The SMILES string of the molecule is CCCC(C)(C)Nc1cccc(C(F)(F)F)n1. The molecule has 0 saturated heterocycles. The highest BCUT2D eigenvalue weighted by atomic mass is 19.4. The molecule has 0 aromatic carbocycles. The average molecular weight is 246 g/mol. The minimum absolute atomic E-state index is 0.258. The maximum Gasteiger partial charge on any atom is 0.433 e. The second kappa shape index (κ2) is 4.94. The zero-order valence-electron chi connectivity index (χ0n) is 10.2. The van der Waals surface area contributed by atoms with Gasteiger partial charge in [-0.3, -0.25) is 0 Å². The molecule has 0 unspecified atom stereocenters. The molecule has 0 bridgehead atoms. The molecule has 0 atom stereocenters. The molecule has 0 fully saturated rings. The highest BCUT2D eigenvalue weighted by Gasteiger charge is 2.32. The number of hydrogen-bond donors (Lipinski definition) is 1. The molecule has 1 aromatic rings. The second-order valence-corrected chi connectivity index (χ2v) is 4.66. The Morgan fingerprint density at radius 2 is 1.88 bits per heavy atom. The Morgan fingerprint density at radius 3 is 2.41 bits per heavy atom. The smallest absolute Gasteiger partial charge is 0.365 e. The molecule has 96 valence electrons. The number of hydrogen-bond acceptors (Lipinski definition) is 2. The number of nitrogens with one attached hydrogen (secondary N) is 1. The summed E-state index contributed by atoms with van der Waals surface area (Å²) in [4.78, 5) is 3.58. The van der Waals surface area contributed by atoms with E-state index in [1.807, 2.05) is 20.8 Å². The normalized spacial score (nSPS) is 12.6. The Kier molecular flexibility index (Phi) is 4.01. The third-order valence-electron chi connectivity index (χ3n) is 2.38. The fourth-order valence-corrected chi connectivity index (χ4v) is 1.70. The number of aromatic nitrogens is 1. The predicted octanol–water partition coefficient (Wildman–Crippen LogP) is 4.09. The van der Waals surface area contributed by atoms with Crippen LogP contribution in [0.5, 0.6) is 0 Å². The number of pyridine rings is 1. The molecule has 1 rings (SSSR count). The van der Waals surface area contributed by atoms with Crippen LogP contribution in [0.2, 0.25) is 0 Å². The zero-order valence-corrected chi connectivity index (χ0v) is 10.2. The summed E-state index contributed by atoms with van der Waals surface area (Å²) in [5.41, 5.74) is -1.12. The van der Waals surface area contributed by atoms with E-state index in [2.05, 4.69) is 10.3 Å². The van der Waals surface area contributed by atoms with E-state index in [9.17, 15) is 13.2 Å². The lowest BCUT2D eigenvalue weighted by atomic mass is 9.99. The molecular weight excluding hydrogens is 229 g/mol. The third-order valence-corrected chi connectivity index (χ3v) is 2.38. The number of alkyl halides is 3. The summed E-state index contributed by atoms with van der Waals surface area (Å²) in [6, 6.07) is 3.88. The average Bonchev–Trinajstić information content (AvgIpc) is 2.15. The monoisotopic (exact) mass is 246 g/mol. The van der Waals surface area contributed by atoms with Gasteiger partial charge in [-0.05, 0) is 32.4 Å². The molecule has 0 spiro atoms. The van der Waals surface area contributed by atoms with E-state index in [1.54, 1.807) is 6.07 Å². The highest BCUT2D eigenvalue weighted by Crippen LogP contribution is 2.28. The Bertz CT molecular complexity index is 372. The molecule has 1 N–H and O–H groups in total. The van der Waals surface area contributed by atoms with Crippen molar-refractivity contribution in [2.24, 2.45) is 0 Å². The maximum atomic E-state index is 12.5. The van der Waals surface area contributed by atoms with Gasteiger partial charge >= 0.3 is 6.18 Å². The van der Waals surface area contributed by atoms with Gasteiger partial charge in [-0.1, -0.05) is 19.4 Å². The fraction of sp³-hybridized carbons (Fsp3) is 0.583. The lowest BCUT2D eigenvalue weighted by Gasteiger charge is -2.26. The van der Waals surface area contributed by atoms with Gasteiger partial charge in [-0.25, -0.2) is 4.98 Å². The Balaban J connectivity index is 2.86. The van der Waals surface area contributed by atoms with Gasteiger partial charge in [-0.2, -0.15) is 13.2 Å². The zero-order chi connectivity index (χ0) is 13.1. The number of anilines is 1. The summed E-state index contributed by atoms with van der Waals surface area (Å²) < 4.78 is 37.4. The first-order chi connectivity index (χ1) is 7.74. The van der Waals surface area contributed by atoms with E-state index in [1.165, 1.54) is 6.07 Å². The molecule has 0 saturated carbocycles. The number of nitrogens with zero attached hydrogens (tertiary/aromatic N) is 1. The molecular formula is C12H17F3N2. The lowest BCUT2D eigenvalue weighted by molar-refractivity contribution is -0.141. The van der Waals surface area contributed by atoms with Crippen LogP contribution in [-0.2, 0) is 6.18 Å². The minimum atomic E-state index is -4.40. The van der Waals surface area contributed by atoms with Crippen molar-refractivity contribution in [2.45, 2.75) is 45.3 Å². The van der Waals surface area contributed by atoms with Crippen molar-refractivity contribution in [1.29, 1.82) is 0 Å². The van der Waals surface area contributed by atoms with E-state index < -0.39 is 11.9 Å². The molecule has 0 amide bonds. The quantitative estimate of drug-likeness (QED) is 0.865. The van der Waals surface area contributed by atoms with Crippen molar-refractivity contribution < 1.29 is 13.2 Å². The number of rotatable bonds is 4. The molecule has 5 heteroatoms. The van der Waals surface area contributed by atoms with Crippen LogP contribution in [-0.4, -0.2) is 10.5 Å². The van der Waals surface area contributed by atoms with Crippen LogP contribution in [0.3, 0.4) is 0 Å². The van der Waals surface area contributed by atoms with E-state index in [4.69, 9.17) is 0 Å². The highest BCUT2D eigenvalue weighted by molar-refractivity contribution is 5.38. The van der Waals surface area contributed by atoms with Crippen LogP contribution in [0, 0.1) is 0 Å². The lowest BCUT2D eigenvalue weighted by Crippen LogP contribution is -2.31. The van der Waals surface area contributed by atoms with E-state index >= 15 is 0 Å². The molecule has 0 aliphatic carbocycles. The third kappa shape index (κ3) is 4.24. The summed E-state index contributed by atoms with van der Waals surface area (Å²) in [6.07, 6.45) is -2.57. The first-order valence-electron chi connectivity index (χ1n) is 5.57. The van der Waals surface area contributed by atoms with Gasteiger partial charge < -0.3 is 5.32 Å². The van der Waals surface area contributed by atoms with Crippen molar-refractivity contribution in [3.63, 3.8) is 0 Å². The van der Waals surface area contributed by atoms with Crippen molar-refractivity contribution in [3.8, 4) is 0 Å². The summed E-state index contributed by atoms with van der Waals surface area (Å²) in [5.74, 6) is 0.262. The van der Waals surface area contributed by atoms with Crippen molar-refractivity contribution in [3.05, 3.63) is 23.9 Å². The predicted molar refractivity (Wildman–Crippen MR) is 61.8 cm³/mol. The van der Waals surface area contributed by atoms with Crippen LogP contribution >= 0.6 is 0 Å². The molecule has 1 heterocycles. The van der Waals surface area contributed by atoms with Gasteiger partial charge in [0.25, 0.3) is 0 Å². The summed E-state index contributed by atoms with van der Waals surface area (Å²) in [7, 11) is 0. The first-order valence-corrected chi connectivity index (χ1v) is 5.57. The van der Waals surface area contributed by atoms with E-state index in [-0.39, 0.29) is 11.4 Å². The largest absolute Gasteiger partial charge is 0.433 e. The summed E-state index contributed by atoms with van der Waals surface area (Å²) in [5, 5.41) is 3.02. The molecule has 0 radical (unpaired) electrons. The standard InChI is InChI=1S/C12H17F3N2/c1-4-8-11(2,3)17-10-7-5-6-9(16-10)12(13,14)15/h5-7H,4,8H2,1-3H3,(H,16,17). The first kappa shape index (κ1) is 13.8. The van der Waals surface area contributed by atoms with Crippen molar-refractivity contribution in [2.75, 3.05) is 5.32 Å².